The van der Waals surface area contributed by atoms with Gasteiger partial charge in [0.1, 0.15) is 11.6 Å². The Kier molecular flexibility index (Phi) is 6.79. The first-order valence-corrected chi connectivity index (χ1v) is 14.7. The van der Waals surface area contributed by atoms with E-state index in [-0.39, 0.29) is 30.2 Å². The summed E-state index contributed by atoms with van der Waals surface area (Å²) in [4.78, 5) is 57.8. The predicted octanol–water partition coefficient (Wildman–Crippen LogP) is 2.75. The number of carbonyl (C=O) groups excluding carboxylic acids is 4. The fourth-order valence-corrected chi connectivity index (χ4v) is 7.01. The van der Waals surface area contributed by atoms with Gasteiger partial charge in [0.2, 0.25) is 11.8 Å². The van der Waals surface area contributed by atoms with Crippen molar-refractivity contribution in [2.24, 2.45) is 5.41 Å². The van der Waals surface area contributed by atoms with Gasteiger partial charge in [-0.1, -0.05) is 0 Å². The van der Waals surface area contributed by atoms with E-state index in [1.807, 2.05) is 37.8 Å². The lowest BCUT2D eigenvalue weighted by molar-refractivity contribution is -0.136. The van der Waals surface area contributed by atoms with Gasteiger partial charge in [-0.15, -0.1) is 0 Å². The number of nitrogens with one attached hydrogen (secondary N) is 1. The van der Waals surface area contributed by atoms with Crippen LogP contribution >= 0.6 is 0 Å². The molecule has 0 aromatic heterocycles. The van der Waals surface area contributed by atoms with Gasteiger partial charge in [0, 0.05) is 56.4 Å². The van der Waals surface area contributed by atoms with Crippen molar-refractivity contribution in [3.8, 4) is 0 Å². The third-order valence-electron chi connectivity index (χ3n) is 9.59. The summed E-state index contributed by atoms with van der Waals surface area (Å²) in [6, 6.07) is 5.96. The summed E-state index contributed by atoms with van der Waals surface area (Å²) < 4.78 is 5.57. The van der Waals surface area contributed by atoms with Crippen LogP contribution in [0.15, 0.2) is 18.2 Å². The minimum absolute atomic E-state index is 0.128. The minimum atomic E-state index is -0.582. The van der Waals surface area contributed by atoms with E-state index in [4.69, 9.17) is 4.74 Å². The van der Waals surface area contributed by atoms with Crippen LogP contribution in [0.1, 0.15) is 75.2 Å². The quantitative estimate of drug-likeness (QED) is 0.577. The van der Waals surface area contributed by atoms with Crippen LogP contribution in [-0.4, -0.2) is 95.5 Å². The van der Waals surface area contributed by atoms with E-state index < -0.39 is 11.6 Å². The van der Waals surface area contributed by atoms with Crippen LogP contribution in [0.3, 0.4) is 0 Å². The molecule has 0 saturated carbocycles. The predicted molar refractivity (Wildman–Crippen MR) is 149 cm³/mol. The first-order chi connectivity index (χ1) is 19.0. The van der Waals surface area contributed by atoms with Gasteiger partial charge in [-0.05, 0) is 95.1 Å². The SMILES string of the molecule is CC(C)(C)OC(=O)N1CCC2(CC1)CCN(C1CN(c3ccc4c(c3)CN(C3CCC(=O)NC3=O)C4=O)C1)CC2. The first-order valence-electron chi connectivity index (χ1n) is 14.7. The Morgan fingerprint density at radius 2 is 1.68 bits per heavy atom. The van der Waals surface area contributed by atoms with E-state index in [0.29, 0.717) is 30.0 Å². The van der Waals surface area contributed by atoms with Crippen LogP contribution in [0.5, 0.6) is 0 Å². The number of nitrogens with zero attached hydrogens (tertiary/aromatic N) is 4. The molecule has 0 bridgehead atoms. The maximum Gasteiger partial charge on any atom is 0.410 e. The lowest BCUT2D eigenvalue weighted by Gasteiger charge is -2.52. The molecule has 5 aliphatic heterocycles. The normalized spacial score (nSPS) is 25.6. The molecule has 1 spiro atoms. The molecule has 1 aromatic rings. The van der Waals surface area contributed by atoms with Gasteiger partial charge in [0.25, 0.3) is 5.91 Å². The number of rotatable bonds is 3. The molecule has 1 N–H and O–H groups in total. The Bertz CT molecular complexity index is 1200. The van der Waals surface area contributed by atoms with Crippen LogP contribution in [-0.2, 0) is 20.9 Å². The van der Waals surface area contributed by atoms with E-state index in [1.165, 1.54) is 12.8 Å². The molecule has 0 aliphatic carbocycles. The summed E-state index contributed by atoms with van der Waals surface area (Å²) in [5.41, 5.74) is 2.62. The number of hydrogen-bond acceptors (Lipinski definition) is 7. The maximum absolute atomic E-state index is 13.0. The molecule has 5 aliphatic rings. The topological polar surface area (TPSA) is 102 Å². The smallest absolute Gasteiger partial charge is 0.410 e. The third-order valence-corrected chi connectivity index (χ3v) is 9.59. The van der Waals surface area contributed by atoms with Gasteiger partial charge >= 0.3 is 6.09 Å². The van der Waals surface area contributed by atoms with Crippen molar-refractivity contribution >= 4 is 29.5 Å². The molecule has 6 rings (SSSR count). The van der Waals surface area contributed by atoms with E-state index in [2.05, 4.69) is 21.2 Å². The van der Waals surface area contributed by atoms with E-state index >= 15 is 0 Å². The van der Waals surface area contributed by atoms with Crippen molar-refractivity contribution in [3.63, 3.8) is 0 Å². The van der Waals surface area contributed by atoms with Crippen LogP contribution in [0, 0.1) is 5.41 Å². The summed E-state index contributed by atoms with van der Waals surface area (Å²) in [5, 5.41) is 2.36. The Morgan fingerprint density at radius 1 is 1.00 bits per heavy atom. The van der Waals surface area contributed by atoms with Gasteiger partial charge in [-0.2, -0.15) is 0 Å². The number of fused-ring (bicyclic) bond motifs is 1. The minimum Gasteiger partial charge on any atom is -0.444 e. The van der Waals surface area contributed by atoms with Crippen LogP contribution < -0.4 is 10.2 Å². The summed E-state index contributed by atoms with van der Waals surface area (Å²) in [7, 11) is 0. The Balaban J connectivity index is 0.983. The molecule has 4 saturated heterocycles. The number of carbonyl (C=O) groups is 4. The standard InChI is InChI=1S/C30H41N5O5/c1-29(2,3)40-28(39)33-14-10-30(11-15-33)8-12-32(13-9-30)22-18-34(19-22)21-4-5-23-20(16-21)17-35(27(23)38)24-6-7-25(36)31-26(24)37/h4-5,16,22,24H,6-15,17-19H2,1-3H3,(H,31,36,37). The maximum atomic E-state index is 13.0. The molecule has 40 heavy (non-hydrogen) atoms. The third kappa shape index (κ3) is 5.18. The zero-order valence-corrected chi connectivity index (χ0v) is 23.9. The van der Waals surface area contributed by atoms with E-state index in [0.717, 1.165) is 63.4 Å². The average molecular weight is 552 g/mol. The molecule has 1 aromatic carbocycles. The van der Waals surface area contributed by atoms with Crippen molar-refractivity contribution < 1.29 is 23.9 Å². The molecule has 1 unspecified atom stereocenters. The number of imide groups is 1. The molecule has 10 heteroatoms. The lowest BCUT2D eigenvalue weighted by Crippen LogP contribution is -2.62. The van der Waals surface area contributed by atoms with Crippen molar-refractivity contribution in [3.05, 3.63) is 29.3 Å². The van der Waals surface area contributed by atoms with Crippen molar-refractivity contribution in [2.45, 2.75) is 83.5 Å². The van der Waals surface area contributed by atoms with Crippen molar-refractivity contribution in [1.29, 1.82) is 0 Å². The number of amides is 4. The Hall–Kier alpha value is -3.14. The summed E-state index contributed by atoms with van der Waals surface area (Å²) in [6.45, 7) is 11.9. The highest BCUT2D eigenvalue weighted by Gasteiger charge is 2.43. The molecule has 4 fully saturated rings. The summed E-state index contributed by atoms with van der Waals surface area (Å²) >= 11 is 0. The largest absolute Gasteiger partial charge is 0.444 e. The fraction of sp³-hybridized carbons (Fsp3) is 0.667. The lowest BCUT2D eigenvalue weighted by atomic mass is 9.71. The Morgan fingerprint density at radius 3 is 2.33 bits per heavy atom. The number of anilines is 1. The number of benzene rings is 1. The molecule has 5 heterocycles. The molecule has 0 radical (unpaired) electrons. The van der Waals surface area contributed by atoms with Crippen molar-refractivity contribution in [1.82, 2.24) is 20.0 Å². The molecule has 1 atom stereocenters. The fourth-order valence-electron chi connectivity index (χ4n) is 7.01. The number of likely N-dealkylation sites (tertiary alicyclic amines) is 2. The van der Waals surface area contributed by atoms with Crippen LogP contribution in [0.25, 0.3) is 0 Å². The van der Waals surface area contributed by atoms with Gasteiger partial charge in [-0.3, -0.25) is 24.6 Å². The molecule has 10 nitrogen and oxygen atoms in total. The van der Waals surface area contributed by atoms with Gasteiger partial charge in [0.05, 0.1) is 0 Å². The molecular formula is C30H41N5O5. The summed E-state index contributed by atoms with van der Waals surface area (Å²) in [5.74, 6) is -0.774. The first kappa shape index (κ1) is 27.1. The number of hydrogen-bond donors (Lipinski definition) is 1. The second-order valence-electron chi connectivity index (χ2n) is 13.3. The van der Waals surface area contributed by atoms with Gasteiger partial charge in [-0.25, -0.2) is 4.79 Å². The Labute approximate surface area is 236 Å². The second kappa shape index (κ2) is 10.0. The monoisotopic (exact) mass is 551 g/mol. The highest BCUT2D eigenvalue weighted by atomic mass is 16.6. The van der Waals surface area contributed by atoms with E-state index in [1.54, 1.807) is 4.90 Å². The van der Waals surface area contributed by atoms with Crippen LogP contribution in [0.2, 0.25) is 0 Å². The number of piperidine rings is 3. The van der Waals surface area contributed by atoms with Gasteiger partial charge < -0.3 is 19.4 Å². The molecular weight excluding hydrogens is 510 g/mol. The zero-order valence-electron chi connectivity index (χ0n) is 23.9. The average Bonchev–Trinajstić information content (AvgIpc) is 3.19. The highest BCUT2D eigenvalue weighted by molar-refractivity contribution is 6.05. The molecule has 4 amide bonds. The molecule has 216 valence electrons. The second-order valence-corrected chi connectivity index (χ2v) is 13.3. The van der Waals surface area contributed by atoms with E-state index in [9.17, 15) is 19.2 Å². The van der Waals surface area contributed by atoms with Gasteiger partial charge in [0.15, 0.2) is 0 Å². The summed E-state index contributed by atoms with van der Waals surface area (Å²) in [6.07, 6.45) is 4.93. The van der Waals surface area contributed by atoms with Crippen LogP contribution in [0.4, 0.5) is 10.5 Å². The highest BCUT2D eigenvalue weighted by Crippen LogP contribution is 2.42. The van der Waals surface area contributed by atoms with Crippen molar-refractivity contribution in [2.75, 3.05) is 44.2 Å². The zero-order chi connectivity index (χ0) is 28.2. The number of ether oxygens (including phenoxy) is 1.